The lowest BCUT2D eigenvalue weighted by Gasteiger charge is -2.28. The van der Waals surface area contributed by atoms with Crippen molar-refractivity contribution in [3.05, 3.63) is 0 Å². The van der Waals surface area contributed by atoms with E-state index in [-0.39, 0.29) is 0 Å². The second-order valence-corrected chi connectivity index (χ2v) is 4.43. The molecule has 66 valence electrons. The van der Waals surface area contributed by atoms with Crippen LogP contribution >= 0.6 is 0 Å². The summed E-state index contributed by atoms with van der Waals surface area (Å²) >= 11 is 0. The predicted octanol–water partition coefficient (Wildman–Crippen LogP) is 4.00. The highest BCUT2D eigenvalue weighted by atomic mass is 14.4. The Balaban J connectivity index is 2.39. The standard InChI is InChI=1S/C11H22/c1-4-8-11(3,9-5-2)10-6-7-10/h10H,4-9H2,1-3H3. The van der Waals surface area contributed by atoms with Crippen LogP contribution in [0.15, 0.2) is 0 Å². The first-order valence-corrected chi connectivity index (χ1v) is 5.23. The van der Waals surface area contributed by atoms with Gasteiger partial charge in [-0.1, -0.05) is 33.6 Å². The number of rotatable bonds is 5. The van der Waals surface area contributed by atoms with E-state index in [1.165, 1.54) is 38.5 Å². The minimum atomic E-state index is 0.712. The first-order chi connectivity index (χ1) is 5.23. The van der Waals surface area contributed by atoms with Gasteiger partial charge in [-0.3, -0.25) is 0 Å². The molecule has 0 radical (unpaired) electrons. The van der Waals surface area contributed by atoms with Crippen LogP contribution in [0.2, 0.25) is 0 Å². The first kappa shape index (κ1) is 9.09. The second-order valence-electron chi connectivity index (χ2n) is 4.43. The normalized spacial score (nSPS) is 18.8. The third kappa shape index (κ3) is 2.21. The lowest BCUT2D eigenvalue weighted by Crippen LogP contribution is -2.18. The summed E-state index contributed by atoms with van der Waals surface area (Å²) in [6, 6.07) is 0. The van der Waals surface area contributed by atoms with Gasteiger partial charge in [-0.25, -0.2) is 0 Å². The summed E-state index contributed by atoms with van der Waals surface area (Å²) in [6.45, 7) is 7.13. The molecule has 0 unspecified atom stereocenters. The van der Waals surface area contributed by atoms with E-state index in [0.29, 0.717) is 5.41 Å². The predicted molar refractivity (Wildman–Crippen MR) is 50.6 cm³/mol. The molecule has 0 aromatic heterocycles. The molecule has 0 heteroatoms. The van der Waals surface area contributed by atoms with Gasteiger partial charge in [-0.15, -0.1) is 0 Å². The van der Waals surface area contributed by atoms with Gasteiger partial charge in [0.15, 0.2) is 0 Å². The van der Waals surface area contributed by atoms with E-state index in [0.717, 1.165) is 5.92 Å². The average molecular weight is 154 g/mol. The highest BCUT2D eigenvalue weighted by molar-refractivity contribution is 4.90. The lowest BCUT2D eigenvalue weighted by molar-refractivity contribution is 0.222. The van der Waals surface area contributed by atoms with Crippen LogP contribution in [0.4, 0.5) is 0 Å². The largest absolute Gasteiger partial charge is 0.0654 e. The van der Waals surface area contributed by atoms with Crippen molar-refractivity contribution in [2.75, 3.05) is 0 Å². The quantitative estimate of drug-likeness (QED) is 0.561. The second kappa shape index (κ2) is 3.60. The molecule has 1 saturated carbocycles. The Kier molecular flexibility index (Phi) is 2.98. The van der Waals surface area contributed by atoms with E-state index in [2.05, 4.69) is 20.8 Å². The maximum atomic E-state index is 2.50. The third-order valence-corrected chi connectivity index (χ3v) is 3.21. The highest BCUT2D eigenvalue weighted by Crippen LogP contribution is 2.50. The lowest BCUT2D eigenvalue weighted by atomic mass is 9.77. The minimum absolute atomic E-state index is 0.712. The van der Waals surface area contributed by atoms with Crippen molar-refractivity contribution < 1.29 is 0 Å². The van der Waals surface area contributed by atoms with Crippen LogP contribution in [0.25, 0.3) is 0 Å². The Hall–Kier alpha value is 0. The van der Waals surface area contributed by atoms with E-state index in [9.17, 15) is 0 Å². The molecule has 0 atom stereocenters. The molecular weight excluding hydrogens is 132 g/mol. The van der Waals surface area contributed by atoms with Crippen LogP contribution in [0.3, 0.4) is 0 Å². The van der Waals surface area contributed by atoms with Crippen molar-refractivity contribution in [3.63, 3.8) is 0 Å². The molecule has 11 heavy (non-hydrogen) atoms. The fraction of sp³-hybridized carbons (Fsp3) is 1.00. The summed E-state index contributed by atoms with van der Waals surface area (Å²) in [5.74, 6) is 1.09. The topological polar surface area (TPSA) is 0 Å². The smallest absolute Gasteiger partial charge is 0.0298 e. The molecular formula is C11H22. The van der Waals surface area contributed by atoms with Gasteiger partial charge >= 0.3 is 0 Å². The van der Waals surface area contributed by atoms with E-state index in [1.807, 2.05) is 0 Å². The van der Waals surface area contributed by atoms with Crippen molar-refractivity contribution in [3.8, 4) is 0 Å². The molecule has 1 fully saturated rings. The summed E-state index contributed by atoms with van der Waals surface area (Å²) in [4.78, 5) is 0. The molecule has 0 N–H and O–H groups in total. The van der Waals surface area contributed by atoms with E-state index >= 15 is 0 Å². The molecule has 1 aliphatic carbocycles. The van der Waals surface area contributed by atoms with Crippen molar-refractivity contribution in [1.82, 2.24) is 0 Å². The van der Waals surface area contributed by atoms with Crippen molar-refractivity contribution in [2.45, 2.75) is 59.3 Å². The summed E-state index contributed by atoms with van der Waals surface area (Å²) in [5.41, 5.74) is 0.712. The van der Waals surface area contributed by atoms with Crippen molar-refractivity contribution in [1.29, 1.82) is 0 Å². The van der Waals surface area contributed by atoms with Crippen LogP contribution in [0, 0.1) is 11.3 Å². The zero-order valence-electron chi connectivity index (χ0n) is 8.32. The number of hydrogen-bond acceptors (Lipinski definition) is 0. The SMILES string of the molecule is CCCC(C)(CCC)C1CC1. The van der Waals surface area contributed by atoms with Crippen LogP contribution < -0.4 is 0 Å². The maximum Gasteiger partial charge on any atom is -0.0298 e. The van der Waals surface area contributed by atoms with Gasteiger partial charge in [0, 0.05) is 0 Å². The third-order valence-electron chi connectivity index (χ3n) is 3.21. The Morgan fingerprint density at radius 2 is 1.55 bits per heavy atom. The molecule has 0 bridgehead atoms. The zero-order chi connectivity index (χ0) is 8.32. The molecule has 0 aromatic rings. The van der Waals surface area contributed by atoms with Gasteiger partial charge in [0.05, 0.1) is 0 Å². The van der Waals surface area contributed by atoms with Crippen LogP contribution in [-0.4, -0.2) is 0 Å². The highest BCUT2D eigenvalue weighted by Gasteiger charge is 2.39. The van der Waals surface area contributed by atoms with Gasteiger partial charge in [-0.2, -0.15) is 0 Å². The Bertz CT molecular complexity index is 105. The average Bonchev–Trinajstić information content (AvgIpc) is 2.68. The summed E-state index contributed by atoms with van der Waals surface area (Å²) < 4.78 is 0. The molecule has 0 saturated heterocycles. The number of hydrogen-bond donors (Lipinski definition) is 0. The molecule has 0 aromatic carbocycles. The van der Waals surface area contributed by atoms with Crippen molar-refractivity contribution in [2.24, 2.45) is 11.3 Å². The Morgan fingerprint density at radius 1 is 1.09 bits per heavy atom. The van der Waals surface area contributed by atoms with Crippen molar-refractivity contribution >= 4 is 0 Å². The maximum absolute atomic E-state index is 2.50. The van der Waals surface area contributed by atoms with Crippen LogP contribution in [0.1, 0.15) is 59.3 Å². The van der Waals surface area contributed by atoms with Crippen LogP contribution in [0.5, 0.6) is 0 Å². The minimum Gasteiger partial charge on any atom is -0.0654 e. The molecule has 0 spiro atoms. The molecule has 1 rings (SSSR count). The van der Waals surface area contributed by atoms with E-state index in [1.54, 1.807) is 0 Å². The Morgan fingerprint density at radius 3 is 1.82 bits per heavy atom. The first-order valence-electron chi connectivity index (χ1n) is 5.23. The molecule has 0 aliphatic heterocycles. The molecule has 1 aliphatic rings. The summed E-state index contributed by atoms with van der Waals surface area (Å²) in [6.07, 6.45) is 8.66. The monoisotopic (exact) mass is 154 g/mol. The fourth-order valence-electron chi connectivity index (χ4n) is 2.46. The zero-order valence-corrected chi connectivity index (χ0v) is 8.32. The van der Waals surface area contributed by atoms with Gasteiger partial charge in [0.1, 0.15) is 0 Å². The van der Waals surface area contributed by atoms with E-state index in [4.69, 9.17) is 0 Å². The molecule has 0 amide bonds. The summed E-state index contributed by atoms with van der Waals surface area (Å²) in [7, 11) is 0. The van der Waals surface area contributed by atoms with E-state index < -0.39 is 0 Å². The van der Waals surface area contributed by atoms with Gasteiger partial charge in [-0.05, 0) is 37.0 Å². The molecule has 0 heterocycles. The van der Waals surface area contributed by atoms with Gasteiger partial charge in [0.2, 0.25) is 0 Å². The van der Waals surface area contributed by atoms with Crippen LogP contribution in [-0.2, 0) is 0 Å². The van der Waals surface area contributed by atoms with Gasteiger partial charge in [0.25, 0.3) is 0 Å². The summed E-state index contributed by atoms with van der Waals surface area (Å²) in [5, 5.41) is 0. The Labute approximate surface area is 71.4 Å². The molecule has 0 nitrogen and oxygen atoms in total. The fourth-order valence-corrected chi connectivity index (χ4v) is 2.46. The van der Waals surface area contributed by atoms with Gasteiger partial charge < -0.3 is 0 Å².